The van der Waals surface area contributed by atoms with Gasteiger partial charge in [0.2, 0.25) is 5.13 Å². The van der Waals surface area contributed by atoms with Gasteiger partial charge in [0.15, 0.2) is 5.11 Å². The molecule has 3 N–H and O–H groups in total. The lowest BCUT2D eigenvalue weighted by atomic mass is 10.1. The number of hydrogen-bond donors (Lipinski definition) is 3. The van der Waals surface area contributed by atoms with Crippen molar-refractivity contribution in [2.24, 2.45) is 0 Å². The Balaban J connectivity index is 1.83. The highest BCUT2D eigenvalue weighted by Gasteiger charge is 2.00. The van der Waals surface area contributed by atoms with Crippen molar-refractivity contribution in [2.75, 3.05) is 10.7 Å². The molecule has 6 heteroatoms. The van der Waals surface area contributed by atoms with Crippen molar-refractivity contribution in [3.63, 3.8) is 0 Å². The Labute approximate surface area is 122 Å². The van der Waals surface area contributed by atoms with Gasteiger partial charge in [-0.15, -0.1) is 11.3 Å². The molecule has 0 amide bonds. The first-order valence-electron chi connectivity index (χ1n) is 6.01. The maximum absolute atomic E-state index is 5.20. The molecule has 0 aliphatic carbocycles. The minimum atomic E-state index is 0.511. The lowest BCUT2D eigenvalue weighted by Crippen LogP contribution is -2.33. The predicted octanol–water partition coefficient (Wildman–Crippen LogP) is 3.33. The van der Waals surface area contributed by atoms with Gasteiger partial charge in [-0.2, -0.15) is 0 Å². The summed E-state index contributed by atoms with van der Waals surface area (Å²) in [4.78, 5) is 4.27. The van der Waals surface area contributed by atoms with E-state index in [4.69, 9.17) is 12.2 Å². The zero-order valence-electron chi connectivity index (χ0n) is 10.9. The van der Waals surface area contributed by atoms with Crippen LogP contribution in [-0.4, -0.2) is 10.1 Å². The van der Waals surface area contributed by atoms with Crippen LogP contribution in [0.3, 0.4) is 0 Å². The van der Waals surface area contributed by atoms with E-state index in [2.05, 4.69) is 40.2 Å². The lowest BCUT2D eigenvalue weighted by Gasteiger charge is -2.11. The number of thiazole rings is 1. The first-order chi connectivity index (χ1) is 9.17. The highest BCUT2D eigenvalue weighted by atomic mass is 32.1. The Bertz CT molecular complexity index is 548. The predicted molar refractivity (Wildman–Crippen MR) is 85.7 cm³/mol. The molecule has 1 heterocycles. The number of aryl methyl sites for hydroxylation is 2. The number of rotatable bonds is 4. The summed E-state index contributed by atoms with van der Waals surface area (Å²) in [5, 5.41) is 6.39. The van der Waals surface area contributed by atoms with Gasteiger partial charge in [0.05, 0.1) is 5.69 Å². The molecule has 0 saturated carbocycles. The zero-order chi connectivity index (χ0) is 13.7. The van der Waals surface area contributed by atoms with Crippen molar-refractivity contribution < 1.29 is 0 Å². The number of thiocarbonyl (C=S) groups is 1. The molecule has 1 aromatic heterocycles. The third-order valence-electron chi connectivity index (χ3n) is 2.52. The van der Waals surface area contributed by atoms with Crippen LogP contribution >= 0.6 is 23.6 Å². The summed E-state index contributed by atoms with van der Waals surface area (Å²) in [6.07, 6.45) is 1.04. The largest absolute Gasteiger partial charge is 0.331 e. The normalized spacial score (nSPS) is 10.0. The fourth-order valence-electron chi connectivity index (χ4n) is 1.51. The van der Waals surface area contributed by atoms with Crippen LogP contribution in [0.2, 0.25) is 0 Å². The second-order valence-electron chi connectivity index (χ2n) is 4.05. The second kappa shape index (κ2) is 6.49. The van der Waals surface area contributed by atoms with E-state index in [1.807, 2.05) is 24.4 Å². The number of benzene rings is 1. The maximum Gasteiger partial charge on any atom is 0.201 e. The van der Waals surface area contributed by atoms with Crippen LogP contribution in [0, 0.1) is 6.92 Å². The number of nitrogens with zero attached hydrogens (tertiary/aromatic N) is 1. The molecule has 100 valence electrons. The van der Waals surface area contributed by atoms with E-state index < -0.39 is 0 Å². The summed E-state index contributed by atoms with van der Waals surface area (Å²) in [7, 11) is 0. The number of anilines is 2. The molecule has 0 aliphatic rings. The topological polar surface area (TPSA) is 49.0 Å². The lowest BCUT2D eigenvalue weighted by molar-refractivity contribution is 1.11. The molecule has 19 heavy (non-hydrogen) atoms. The third kappa shape index (κ3) is 4.18. The van der Waals surface area contributed by atoms with Crippen LogP contribution in [0.1, 0.15) is 18.2 Å². The first kappa shape index (κ1) is 13.8. The number of hydrogen-bond acceptors (Lipinski definition) is 4. The van der Waals surface area contributed by atoms with Gasteiger partial charge in [-0.25, -0.2) is 4.98 Å². The molecule has 0 bridgehead atoms. The Morgan fingerprint density at radius 2 is 2.05 bits per heavy atom. The monoisotopic (exact) mass is 292 g/mol. The molecule has 0 spiro atoms. The van der Waals surface area contributed by atoms with E-state index in [1.54, 1.807) is 0 Å². The smallest absolute Gasteiger partial charge is 0.201 e. The summed E-state index contributed by atoms with van der Waals surface area (Å²) in [5.74, 6) is 0. The van der Waals surface area contributed by atoms with Gasteiger partial charge >= 0.3 is 0 Å². The molecule has 0 fully saturated rings. The summed E-state index contributed by atoms with van der Waals surface area (Å²) < 4.78 is 0. The molecular weight excluding hydrogens is 276 g/mol. The van der Waals surface area contributed by atoms with Crippen LogP contribution in [0.5, 0.6) is 0 Å². The van der Waals surface area contributed by atoms with Crippen molar-refractivity contribution in [3.8, 4) is 0 Å². The number of nitrogens with one attached hydrogen (secondary N) is 3. The van der Waals surface area contributed by atoms with Gasteiger partial charge in [-0.05, 0) is 43.3 Å². The summed E-state index contributed by atoms with van der Waals surface area (Å²) in [6.45, 7) is 4.09. The molecule has 2 aromatic rings. The highest BCUT2D eigenvalue weighted by Crippen LogP contribution is 2.13. The van der Waals surface area contributed by atoms with Gasteiger partial charge in [0, 0.05) is 11.1 Å². The quantitative estimate of drug-likeness (QED) is 0.596. The van der Waals surface area contributed by atoms with E-state index >= 15 is 0 Å². The highest BCUT2D eigenvalue weighted by molar-refractivity contribution is 7.80. The number of hydrazine groups is 1. The molecular formula is C13H16N4S2. The zero-order valence-corrected chi connectivity index (χ0v) is 12.5. The summed E-state index contributed by atoms with van der Waals surface area (Å²) in [6, 6.07) is 8.20. The molecule has 0 aliphatic heterocycles. The van der Waals surface area contributed by atoms with Crippen LogP contribution in [-0.2, 0) is 6.42 Å². The van der Waals surface area contributed by atoms with Gasteiger partial charge < -0.3 is 5.32 Å². The fourth-order valence-corrected chi connectivity index (χ4v) is 2.32. The Morgan fingerprint density at radius 3 is 2.63 bits per heavy atom. The van der Waals surface area contributed by atoms with Crippen LogP contribution in [0.4, 0.5) is 10.8 Å². The standard InChI is InChI=1S/C13H16N4S2/c1-3-10-4-6-11(7-5-10)15-12(18)16-17-13-14-9(2)8-19-13/h4-8H,3H2,1-2H3,(H,14,17)(H2,15,16,18). The van der Waals surface area contributed by atoms with Crippen molar-refractivity contribution in [3.05, 3.63) is 40.9 Å². The van der Waals surface area contributed by atoms with Gasteiger partial charge in [-0.1, -0.05) is 19.1 Å². The van der Waals surface area contributed by atoms with E-state index in [0.29, 0.717) is 5.11 Å². The molecule has 4 nitrogen and oxygen atoms in total. The minimum absolute atomic E-state index is 0.511. The second-order valence-corrected chi connectivity index (χ2v) is 5.31. The molecule has 0 unspecified atom stereocenters. The minimum Gasteiger partial charge on any atom is -0.331 e. The SMILES string of the molecule is CCc1ccc(NC(=S)NNc2nc(C)cs2)cc1. The van der Waals surface area contributed by atoms with E-state index in [-0.39, 0.29) is 0 Å². The maximum atomic E-state index is 5.20. The fraction of sp³-hybridized carbons (Fsp3) is 0.231. The molecule has 0 atom stereocenters. The van der Waals surface area contributed by atoms with Crippen molar-refractivity contribution >= 4 is 39.5 Å². The summed E-state index contributed by atoms with van der Waals surface area (Å²) in [5.41, 5.74) is 9.13. The molecule has 0 saturated heterocycles. The summed E-state index contributed by atoms with van der Waals surface area (Å²) >= 11 is 6.73. The Kier molecular flexibility index (Phi) is 4.70. The van der Waals surface area contributed by atoms with Crippen molar-refractivity contribution in [2.45, 2.75) is 20.3 Å². The average Bonchev–Trinajstić information content (AvgIpc) is 2.83. The van der Waals surface area contributed by atoms with Crippen molar-refractivity contribution in [1.82, 2.24) is 10.4 Å². The average molecular weight is 292 g/mol. The van der Waals surface area contributed by atoms with E-state index in [0.717, 1.165) is 22.9 Å². The van der Waals surface area contributed by atoms with E-state index in [9.17, 15) is 0 Å². The van der Waals surface area contributed by atoms with E-state index in [1.165, 1.54) is 16.9 Å². The Hall–Kier alpha value is -1.66. The van der Waals surface area contributed by atoms with Gasteiger partial charge in [0.25, 0.3) is 0 Å². The Morgan fingerprint density at radius 1 is 1.32 bits per heavy atom. The number of aromatic nitrogens is 1. The van der Waals surface area contributed by atoms with Crippen LogP contribution in [0.15, 0.2) is 29.6 Å². The van der Waals surface area contributed by atoms with Crippen LogP contribution < -0.4 is 16.2 Å². The molecule has 2 rings (SSSR count). The molecule has 0 radical (unpaired) electrons. The third-order valence-corrected chi connectivity index (χ3v) is 3.60. The molecule has 1 aromatic carbocycles. The van der Waals surface area contributed by atoms with Crippen LogP contribution in [0.25, 0.3) is 0 Å². The van der Waals surface area contributed by atoms with Gasteiger partial charge in [-0.3, -0.25) is 10.9 Å². The van der Waals surface area contributed by atoms with Gasteiger partial charge in [0.1, 0.15) is 0 Å². The van der Waals surface area contributed by atoms with Crippen molar-refractivity contribution in [1.29, 1.82) is 0 Å². The first-order valence-corrected chi connectivity index (χ1v) is 7.30.